The van der Waals surface area contributed by atoms with Crippen molar-refractivity contribution in [2.45, 2.75) is 19.1 Å². The van der Waals surface area contributed by atoms with E-state index in [2.05, 4.69) is 17.2 Å². The van der Waals surface area contributed by atoms with Crippen molar-refractivity contribution in [1.29, 1.82) is 0 Å². The summed E-state index contributed by atoms with van der Waals surface area (Å²) in [7, 11) is 0. The predicted octanol–water partition coefficient (Wildman–Crippen LogP) is 1.61. The number of pyridine rings is 1. The highest BCUT2D eigenvalue weighted by Crippen LogP contribution is 2.20. The number of hydrogen-bond donors (Lipinski definition) is 1. The van der Waals surface area contributed by atoms with Crippen LogP contribution in [-0.4, -0.2) is 23.7 Å². The molecule has 0 amide bonds. The van der Waals surface area contributed by atoms with Crippen LogP contribution in [0.3, 0.4) is 0 Å². The molecular weight excluding hydrogens is 200 g/mol. The van der Waals surface area contributed by atoms with Crippen molar-refractivity contribution in [3.8, 4) is 0 Å². The van der Waals surface area contributed by atoms with E-state index in [1.54, 1.807) is 12.4 Å². The summed E-state index contributed by atoms with van der Waals surface area (Å²) in [6, 6.07) is 1.89. The Labute approximate surface area is 88.4 Å². The topological polar surface area (TPSA) is 34.1 Å². The highest BCUT2D eigenvalue weighted by molar-refractivity contribution is 6.31. The lowest BCUT2D eigenvalue weighted by atomic mass is 10.00. The van der Waals surface area contributed by atoms with Gasteiger partial charge in [-0.2, -0.15) is 0 Å². The van der Waals surface area contributed by atoms with Gasteiger partial charge in [-0.25, -0.2) is 0 Å². The van der Waals surface area contributed by atoms with Crippen LogP contribution in [0, 0.1) is 0 Å². The average molecular weight is 213 g/mol. The molecule has 0 aliphatic carbocycles. The minimum absolute atomic E-state index is 0.0212. The zero-order valence-electron chi connectivity index (χ0n) is 8.09. The second-order valence-corrected chi connectivity index (χ2v) is 4.22. The molecule has 1 fully saturated rings. The van der Waals surface area contributed by atoms with Gasteiger partial charge in [-0.15, -0.1) is 0 Å². The molecule has 14 heavy (non-hydrogen) atoms. The summed E-state index contributed by atoms with van der Waals surface area (Å²) in [6.07, 6.45) is 3.37. The highest BCUT2D eigenvalue weighted by Gasteiger charge is 2.32. The van der Waals surface area contributed by atoms with Gasteiger partial charge in [0.05, 0.1) is 17.2 Å². The normalized spacial score (nSPS) is 19.0. The van der Waals surface area contributed by atoms with Crippen LogP contribution in [-0.2, 0) is 11.3 Å². The van der Waals surface area contributed by atoms with E-state index in [4.69, 9.17) is 16.3 Å². The second-order valence-electron chi connectivity index (χ2n) is 3.81. The molecule has 1 N–H and O–H groups in total. The lowest BCUT2D eigenvalue weighted by Crippen LogP contribution is -2.58. The molecule has 0 spiro atoms. The number of rotatable bonds is 3. The van der Waals surface area contributed by atoms with Crippen LogP contribution >= 0.6 is 11.6 Å². The van der Waals surface area contributed by atoms with E-state index in [0.29, 0.717) is 11.6 Å². The third-order valence-electron chi connectivity index (χ3n) is 2.43. The lowest BCUT2D eigenvalue weighted by molar-refractivity contribution is -0.0767. The molecule has 2 rings (SSSR count). The summed E-state index contributed by atoms with van der Waals surface area (Å²) in [5.41, 5.74) is 0.974. The molecule has 0 aromatic carbocycles. The first-order valence-electron chi connectivity index (χ1n) is 4.63. The van der Waals surface area contributed by atoms with Gasteiger partial charge in [0.2, 0.25) is 0 Å². The minimum atomic E-state index is -0.0212. The van der Waals surface area contributed by atoms with Crippen molar-refractivity contribution in [3.63, 3.8) is 0 Å². The molecule has 0 saturated carbocycles. The molecule has 1 aliphatic heterocycles. The van der Waals surface area contributed by atoms with E-state index in [0.717, 1.165) is 18.7 Å². The smallest absolute Gasteiger partial charge is 0.0906 e. The fourth-order valence-electron chi connectivity index (χ4n) is 1.35. The SMILES string of the molecule is CC1(OCc2ccncc2Cl)CNC1. The van der Waals surface area contributed by atoms with E-state index >= 15 is 0 Å². The average Bonchev–Trinajstić information content (AvgIpc) is 2.14. The van der Waals surface area contributed by atoms with Crippen molar-refractivity contribution in [2.75, 3.05) is 13.1 Å². The van der Waals surface area contributed by atoms with Gasteiger partial charge in [-0.05, 0) is 18.6 Å². The Hall–Kier alpha value is -0.640. The first kappa shape index (κ1) is 9.90. The number of nitrogens with one attached hydrogen (secondary N) is 1. The van der Waals surface area contributed by atoms with E-state index in [-0.39, 0.29) is 5.60 Å². The Morgan fingerprint density at radius 2 is 2.43 bits per heavy atom. The zero-order valence-corrected chi connectivity index (χ0v) is 8.84. The van der Waals surface area contributed by atoms with Crippen LogP contribution in [0.5, 0.6) is 0 Å². The molecule has 4 heteroatoms. The molecule has 2 heterocycles. The van der Waals surface area contributed by atoms with Gasteiger partial charge in [-0.3, -0.25) is 4.98 Å². The summed E-state index contributed by atoms with van der Waals surface area (Å²) >= 11 is 5.96. The maximum atomic E-state index is 5.96. The van der Waals surface area contributed by atoms with Gasteiger partial charge < -0.3 is 10.1 Å². The fraction of sp³-hybridized carbons (Fsp3) is 0.500. The van der Waals surface area contributed by atoms with Crippen molar-refractivity contribution in [2.24, 2.45) is 0 Å². The molecule has 0 atom stereocenters. The van der Waals surface area contributed by atoms with Gasteiger partial charge in [-0.1, -0.05) is 11.6 Å². The first-order valence-corrected chi connectivity index (χ1v) is 5.00. The Bertz CT molecular complexity index is 326. The number of nitrogens with zero attached hydrogens (tertiary/aromatic N) is 1. The predicted molar refractivity (Wildman–Crippen MR) is 55.3 cm³/mol. The zero-order chi connectivity index (χ0) is 10.0. The number of hydrogen-bond acceptors (Lipinski definition) is 3. The largest absolute Gasteiger partial charge is 0.368 e. The van der Waals surface area contributed by atoms with Crippen molar-refractivity contribution < 1.29 is 4.74 Å². The quantitative estimate of drug-likeness (QED) is 0.827. The van der Waals surface area contributed by atoms with Crippen LogP contribution in [0.4, 0.5) is 0 Å². The van der Waals surface area contributed by atoms with Crippen LogP contribution in [0.25, 0.3) is 0 Å². The van der Waals surface area contributed by atoms with E-state index in [9.17, 15) is 0 Å². The van der Waals surface area contributed by atoms with Crippen molar-refractivity contribution >= 4 is 11.6 Å². The summed E-state index contributed by atoms with van der Waals surface area (Å²) in [6.45, 7) is 4.48. The fourth-order valence-corrected chi connectivity index (χ4v) is 1.53. The molecule has 76 valence electrons. The van der Waals surface area contributed by atoms with Crippen molar-refractivity contribution in [3.05, 3.63) is 29.0 Å². The molecule has 0 unspecified atom stereocenters. The maximum absolute atomic E-state index is 5.96. The van der Waals surface area contributed by atoms with Crippen LogP contribution in [0.2, 0.25) is 5.02 Å². The molecule has 1 aliphatic rings. The van der Waals surface area contributed by atoms with Gasteiger partial charge >= 0.3 is 0 Å². The molecule has 0 bridgehead atoms. The highest BCUT2D eigenvalue weighted by atomic mass is 35.5. The van der Waals surface area contributed by atoms with E-state index < -0.39 is 0 Å². The van der Waals surface area contributed by atoms with Crippen LogP contribution in [0.15, 0.2) is 18.5 Å². The molecule has 0 radical (unpaired) electrons. The van der Waals surface area contributed by atoms with E-state index in [1.807, 2.05) is 6.07 Å². The third-order valence-corrected chi connectivity index (χ3v) is 2.77. The van der Waals surface area contributed by atoms with Gasteiger partial charge in [0, 0.05) is 25.5 Å². The molecule has 1 saturated heterocycles. The Morgan fingerprint density at radius 3 is 3.00 bits per heavy atom. The summed E-state index contributed by atoms with van der Waals surface area (Å²) in [5, 5.41) is 3.85. The lowest BCUT2D eigenvalue weighted by Gasteiger charge is -2.39. The Balaban J connectivity index is 1.95. The molecule has 3 nitrogen and oxygen atoms in total. The van der Waals surface area contributed by atoms with Crippen LogP contribution in [0.1, 0.15) is 12.5 Å². The summed E-state index contributed by atoms with van der Waals surface area (Å²) < 4.78 is 5.76. The summed E-state index contributed by atoms with van der Waals surface area (Å²) in [4.78, 5) is 3.92. The standard InChI is InChI=1S/C10H13ClN2O/c1-10(6-13-7-10)14-5-8-2-3-12-4-9(8)11/h2-4,13H,5-7H2,1H3. The van der Waals surface area contributed by atoms with Crippen LogP contribution < -0.4 is 5.32 Å². The maximum Gasteiger partial charge on any atom is 0.0906 e. The minimum Gasteiger partial charge on any atom is -0.368 e. The molecule has 1 aromatic rings. The van der Waals surface area contributed by atoms with Gasteiger partial charge in [0.25, 0.3) is 0 Å². The monoisotopic (exact) mass is 212 g/mol. The number of ether oxygens (including phenoxy) is 1. The van der Waals surface area contributed by atoms with Gasteiger partial charge in [0.15, 0.2) is 0 Å². The Morgan fingerprint density at radius 1 is 1.64 bits per heavy atom. The third kappa shape index (κ3) is 2.05. The second kappa shape index (κ2) is 3.85. The number of aromatic nitrogens is 1. The van der Waals surface area contributed by atoms with Crippen molar-refractivity contribution in [1.82, 2.24) is 10.3 Å². The van der Waals surface area contributed by atoms with Gasteiger partial charge in [0.1, 0.15) is 0 Å². The molecular formula is C10H13ClN2O. The molecule has 1 aromatic heterocycles. The number of halogens is 1. The summed E-state index contributed by atoms with van der Waals surface area (Å²) in [5.74, 6) is 0. The Kier molecular flexibility index (Phi) is 2.72. The first-order chi connectivity index (χ1) is 6.70. The van der Waals surface area contributed by atoms with E-state index in [1.165, 1.54) is 0 Å².